The Bertz CT molecular complexity index is 1200. The molecule has 0 unspecified atom stereocenters. The van der Waals surface area contributed by atoms with Crippen LogP contribution < -0.4 is 5.32 Å². The molecule has 0 atom stereocenters. The van der Waals surface area contributed by atoms with Gasteiger partial charge >= 0.3 is 12.1 Å². The number of esters is 1. The molecule has 3 aromatic rings. The third kappa shape index (κ3) is 5.88. The molecule has 0 spiro atoms. The first kappa shape index (κ1) is 25.7. The first-order valence-electron chi connectivity index (χ1n) is 12.0. The molecule has 1 aromatic heterocycles. The Hall–Kier alpha value is -2.42. The number of hydrogen-bond acceptors (Lipinski definition) is 7. The molecule has 6 nitrogen and oxygen atoms in total. The van der Waals surface area contributed by atoms with Crippen LogP contribution in [0.3, 0.4) is 0 Å². The van der Waals surface area contributed by atoms with Crippen molar-refractivity contribution in [3.05, 3.63) is 58.1 Å². The molecule has 186 valence electrons. The van der Waals surface area contributed by atoms with Gasteiger partial charge in [-0.2, -0.15) is 0 Å². The van der Waals surface area contributed by atoms with Gasteiger partial charge in [-0.1, -0.05) is 24.3 Å². The molecule has 8 heteroatoms. The minimum atomic E-state index is -0.588. The lowest BCUT2D eigenvalue weighted by molar-refractivity contribution is -0.0299. The Balaban J connectivity index is 1.51. The van der Waals surface area contributed by atoms with Crippen LogP contribution in [-0.4, -0.2) is 37.5 Å². The lowest BCUT2D eigenvalue weighted by Gasteiger charge is -2.28. The summed E-state index contributed by atoms with van der Waals surface area (Å²) in [5.74, 6) is -0.316. The molecule has 35 heavy (non-hydrogen) atoms. The largest absolute Gasteiger partial charge is 0.508 e. The number of benzene rings is 2. The molecule has 2 aromatic carbocycles. The van der Waals surface area contributed by atoms with Gasteiger partial charge in [0.05, 0.1) is 23.7 Å². The standard InChI is InChI=1S/C27H30BrNO5S/c1-3-32-25(30)20-10-6-5-9-19(20)24-23(28)21-15-18(11-12-22(21)35-24)16-29-17-27(13-7-8-14-27)34-26(31)33-4-2/h5-6,9-12,15,29H,3-4,7-8,13-14,16-17H2,1-2H3. The maximum Gasteiger partial charge on any atom is 0.508 e. The Morgan fingerprint density at radius 1 is 1.06 bits per heavy atom. The number of ether oxygens (including phenoxy) is 3. The van der Waals surface area contributed by atoms with Crippen molar-refractivity contribution in [3.8, 4) is 10.4 Å². The summed E-state index contributed by atoms with van der Waals surface area (Å²) >= 11 is 5.43. The molecule has 0 amide bonds. The van der Waals surface area contributed by atoms with Crippen molar-refractivity contribution in [1.82, 2.24) is 5.32 Å². The number of carbonyl (C=O) groups is 2. The van der Waals surface area contributed by atoms with Gasteiger partial charge < -0.3 is 19.5 Å². The summed E-state index contributed by atoms with van der Waals surface area (Å²) in [5, 5.41) is 4.59. The van der Waals surface area contributed by atoms with E-state index in [0.717, 1.165) is 56.2 Å². The first-order chi connectivity index (χ1) is 17.0. The maximum absolute atomic E-state index is 12.5. The molecule has 1 heterocycles. The predicted molar refractivity (Wildman–Crippen MR) is 142 cm³/mol. The molecule has 1 N–H and O–H groups in total. The van der Waals surface area contributed by atoms with E-state index >= 15 is 0 Å². The number of halogens is 1. The van der Waals surface area contributed by atoms with Crippen molar-refractivity contribution >= 4 is 49.5 Å². The van der Waals surface area contributed by atoms with Gasteiger partial charge in [0, 0.05) is 33.2 Å². The van der Waals surface area contributed by atoms with Gasteiger partial charge in [-0.3, -0.25) is 0 Å². The van der Waals surface area contributed by atoms with Crippen molar-refractivity contribution in [1.29, 1.82) is 0 Å². The molecular weight excluding hydrogens is 530 g/mol. The van der Waals surface area contributed by atoms with Crippen LogP contribution in [0.1, 0.15) is 55.5 Å². The van der Waals surface area contributed by atoms with Crippen LogP contribution in [0, 0.1) is 0 Å². The van der Waals surface area contributed by atoms with Crippen LogP contribution in [0.25, 0.3) is 20.5 Å². The lowest BCUT2D eigenvalue weighted by Crippen LogP contribution is -2.42. The molecule has 0 radical (unpaired) electrons. The molecule has 0 bridgehead atoms. The van der Waals surface area contributed by atoms with Gasteiger partial charge in [0.1, 0.15) is 5.60 Å². The summed E-state index contributed by atoms with van der Waals surface area (Å²) in [6.07, 6.45) is 3.19. The Kier molecular flexibility index (Phi) is 8.46. The zero-order valence-electron chi connectivity index (χ0n) is 20.0. The van der Waals surface area contributed by atoms with E-state index in [1.165, 1.54) is 0 Å². The highest BCUT2D eigenvalue weighted by molar-refractivity contribution is 9.10. The highest BCUT2D eigenvalue weighted by Gasteiger charge is 2.38. The van der Waals surface area contributed by atoms with Crippen LogP contribution >= 0.6 is 27.3 Å². The third-order valence-corrected chi connectivity index (χ3v) is 8.50. The predicted octanol–water partition coefficient (Wildman–Crippen LogP) is 7.08. The minimum absolute atomic E-state index is 0.310. The smallest absolute Gasteiger partial charge is 0.462 e. The number of thiophene rings is 1. The second-order valence-corrected chi connectivity index (χ2v) is 10.5. The fraction of sp³-hybridized carbons (Fsp3) is 0.407. The summed E-state index contributed by atoms with van der Waals surface area (Å²) in [5.41, 5.74) is 2.05. The summed E-state index contributed by atoms with van der Waals surface area (Å²) < 4.78 is 18.1. The van der Waals surface area contributed by atoms with Crippen molar-refractivity contribution in [2.75, 3.05) is 19.8 Å². The van der Waals surface area contributed by atoms with E-state index in [9.17, 15) is 9.59 Å². The van der Waals surface area contributed by atoms with Crippen LogP contribution in [-0.2, 0) is 20.8 Å². The molecule has 1 aliphatic carbocycles. The second kappa shape index (κ2) is 11.5. The minimum Gasteiger partial charge on any atom is -0.462 e. The highest BCUT2D eigenvalue weighted by atomic mass is 79.9. The molecule has 1 saturated carbocycles. The summed E-state index contributed by atoms with van der Waals surface area (Å²) in [4.78, 5) is 25.4. The second-order valence-electron chi connectivity index (χ2n) is 8.62. The number of rotatable bonds is 9. The highest BCUT2D eigenvalue weighted by Crippen LogP contribution is 2.43. The topological polar surface area (TPSA) is 73.9 Å². The van der Waals surface area contributed by atoms with E-state index in [1.807, 2.05) is 25.1 Å². The Morgan fingerprint density at radius 2 is 1.80 bits per heavy atom. The summed E-state index contributed by atoms with van der Waals surface area (Å²) in [6, 6.07) is 13.9. The maximum atomic E-state index is 12.5. The number of hydrogen-bond donors (Lipinski definition) is 1. The van der Waals surface area contributed by atoms with Crippen molar-refractivity contribution in [2.45, 2.75) is 51.7 Å². The van der Waals surface area contributed by atoms with E-state index in [0.29, 0.717) is 31.9 Å². The zero-order valence-corrected chi connectivity index (χ0v) is 22.4. The lowest BCUT2D eigenvalue weighted by atomic mass is 10.0. The van der Waals surface area contributed by atoms with Gasteiger partial charge in [0.25, 0.3) is 0 Å². The molecule has 1 aliphatic rings. The fourth-order valence-electron chi connectivity index (χ4n) is 4.56. The Labute approximate surface area is 218 Å². The van der Waals surface area contributed by atoms with E-state index in [4.69, 9.17) is 14.2 Å². The number of fused-ring (bicyclic) bond motifs is 1. The number of carbonyl (C=O) groups excluding carboxylic acids is 2. The van der Waals surface area contributed by atoms with Gasteiger partial charge in [-0.05, 0) is 79.2 Å². The van der Waals surface area contributed by atoms with E-state index in [-0.39, 0.29) is 5.97 Å². The van der Waals surface area contributed by atoms with Gasteiger partial charge in [0.15, 0.2) is 0 Å². The van der Waals surface area contributed by atoms with E-state index in [1.54, 1.807) is 24.3 Å². The normalized spacial score (nSPS) is 14.7. The van der Waals surface area contributed by atoms with Crippen molar-refractivity contribution in [3.63, 3.8) is 0 Å². The van der Waals surface area contributed by atoms with Crippen LogP contribution in [0.5, 0.6) is 0 Å². The molecule has 1 fully saturated rings. The van der Waals surface area contributed by atoms with E-state index < -0.39 is 11.8 Å². The molecule has 0 aliphatic heterocycles. The quantitative estimate of drug-likeness (QED) is 0.282. The first-order valence-corrected chi connectivity index (χ1v) is 13.6. The molecule has 0 saturated heterocycles. The van der Waals surface area contributed by atoms with Gasteiger partial charge in [0.2, 0.25) is 0 Å². The van der Waals surface area contributed by atoms with Crippen molar-refractivity contribution < 1.29 is 23.8 Å². The Morgan fingerprint density at radius 3 is 2.54 bits per heavy atom. The zero-order chi connectivity index (χ0) is 24.8. The summed E-state index contributed by atoms with van der Waals surface area (Å²) in [6.45, 7) is 5.48. The van der Waals surface area contributed by atoms with Gasteiger partial charge in [-0.15, -0.1) is 11.3 Å². The average molecular weight is 561 g/mol. The number of nitrogens with one attached hydrogen (secondary N) is 1. The van der Waals surface area contributed by atoms with E-state index in [2.05, 4.69) is 39.4 Å². The monoisotopic (exact) mass is 559 g/mol. The molecule has 4 rings (SSSR count). The van der Waals surface area contributed by atoms with Crippen LogP contribution in [0.15, 0.2) is 46.9 Å². The molecular formula is C27H30BrNO5S. The fourth-order valence-corrected chi connectivity index (χ4v) is 6.59. The van der Waals surface area contributed by atoms with Crippen molar-refractivity contribution in [2.24, 2.45) is 0 Å². The van der Waals surface area contributed by atoms with Crippen LogP contribution in [0.2, 0.25) is 0 Å². The SMILES string of the molecule is CCOC(=O)OC1(CNCc2ccc3sc(-c4ccccc4C(=O)OCC)c(Br)c3c2)CCCC1. The average Bonchev–Trinajstić information content (AvgIpc) is 3.44. The van der Waals surface area contributed by atoms with Crippen LogP contribution in [0.4, 0.5) is 4.79 Å². The third-order valence-electron chi connectivity index (χ3n) is 6.21. The van der Waals surface area contributed by atoms with Gasteiger partial charge in [-0.25, -0.2) is 9.59 Å². The summed E-state index contributed by atoms with van der Waals surface area (Å²) in [7, 11) is 0.